The van der Waals surface area contributed by atoms with Crippen molar-refractivity contribution < 1.29 is 71.3 Å². The molecule has 0 N–H and O–H groups in total. The lowest BCUT2D eigenvalue weighted by molar-refractivity contribution is -0.393. The Hall–Kier alpha value is -8.64. The molecule has 0 unspecified atom stereocenters. The van der Waals surface area contributed by atoms with Crippen LogP contribution in [0.1, 0.15) is 63.7 Å². The third kappa shape index (κ3) is 15.5. The van der Waals surface area contributed by atoms with Gasteiger partial charge in [0.25, 0.3) is 0 Å². The SMILES string of the molecule is O=C(OC[C@H]1O[C@](COC(=O)c2ccccc2)(O[C@H]2O[C@H](COCc3ccccc3)[C@@H](OCc3ccccc3)[C@H](OCc3ccccc3)[C@H]2OCc2ccccc2)[C@@H](OC(=O)c2ccccc2)[C@@H]1OC(=O)c1ccccc1)c1ccccc1. The summed E-state index contributed by atoms with van der Waals surface area (Å²) in [6, 6.07) is 71.1. The first-order valence-corrected chi connectivity index (χ1v) is 27.3. The summed E-state index contributed by atoms with van der Waals surface area (Å²) in [5.74, 6) is -5.78. The molecule has 0 amide bonds. The fourth-order valence-electron chi connectivity index (χ4n) is 9.71. The quantitative estimate of drug-likeness (QED) is 0.0391. The number of carbonyl (C=O) groups is 4. The highest BCUT2D eigenvalue weighted by molar-refractivity contribution is 5.91. The van der Waals surface area contributed by atoms with Crippen LogP contribution in [0.2, 0.25) is 0 Å². The number of carbonyl (C=O) groups excluding carboxylic acids is 4. The van der Waals surface area contributed by atoms with Gasteiger partial charge in [0.1, 0.15) is 43.7 Å². The predicted molar refractivity (Wildman–Crippen MR) is 303 cm³/mol. The zero-order chi connectivity index (χ0) is 57.1. The summed E-state index contributed by atoms with van der Waals surface area (Å²) in [5, 5.41) is 0. The van der Waals surface area contributed by atoms with Gasteiger partial charge in [-0.3, -0.25) is 0 Å². The second kappa shape index (κ2) is 28.9. The van der Waals surface area contributed by atoms with Gasteiger partial charge in [-0.2, -0.15) is 0 Å². The van der Waals surface area contributed by atoms with Crippen molar-refractivity contribution in [3.05, 3.63) is 287 Å². The van der Waals surface area contributed by atoms with E-state index in [0.717, 1.165) is 22.3 Å². The Labute approximate surface area is 481 Å². The minimum atomic E-state index is -2.49. The maximum atomic E-state index is 14.7. The molecule has 0 saturated carbocycles. The Balaban J connectivity index is 1.11. The van der Waals surface area contributed by atoms with Crippen molar-refractivity contribution in [1.29, 1.82) is 0 Å². The van der Waals surface area contributed by atoms with Crippen molar-refractivity contribution in [3.63, 3.8) is 0 Å². The van der Waals surface area contributed by atoms with Crippen molar-refractivity contribution >= 4 is 23.9 Å². The van der Waals surface area contributed by atoms with Gasteiger partial charge in [-0.1, -0.05) is 194 Å². The van der Waals surface area contributed by atoms with Gasteiger partial charge in [-0.25, -0.2) is 19.2 Å². The number of esters is 4. The molecule has 10 rings (SSSR count). The molecule has 2 saturated heterocycles. The van der Waals surface area contributed by atoms with Gasteiger partial charge in [0.15, 0.2) is 18.5 Å². The average molecular weight is 1120 g/mol. The van der Waals surface area contributed by atoms with Crippen LogP contribution in [0.25, 0.3) is 0 Å². The molecular formula is C68H62O15. The Bertz CT molecular complexity index is 3270. The molecule has 0 radical (unpaired) electrons. The summed E-state index contributed by atoms with van der Waals surface area (Å²) in [6.07, 6.45) is -10.8. The second-order valence-electron chi connectivity index (χ2n) is 19.7. The smallest absolute Gasteiger partial charge is 0.338 e. The highest BCUT2D eigenvalue weighted by Gasteiger charge is 2.65. The van der Waals surface area contributed by atoms with Crippen LogP contribution in [0.4, 0.5) is 0 Å². The van der Waals surface area contributed by atoms with E-state index in [1.165, 1.54) is 0 Å². The number of benzene rings is 8. The minimum absolute atomic E-state index is 0.000842. The normalized spacial score (nSPS) is 22.0. The van der Waals surface area contributed by atoms with Crippen LogP contribution in [-0.4, -0.2) is 98.5 Å². The highest BCUT2D eigenvalue weighted by atomic mass is 16.8. The van der Waals surface area contributed by atoms with E-state index in [9.17, 15) is 19.2 Å². The van der Waals surface area contributed by atoms with Crippen LogP contribution >= 0.6 is 0 Å². The van der Waals surface area contributed by atoms with Gasteiger partial charge in [0, 0.05) is 0 Å². The third-order valence-electron chi connectivity index (χ3n) is 13.9. The molecule has 0 spiro atoms. The van der Waals surface area contributed by atoms with E-state index in [0.29, 0.717) is 0 Å². The molecule has 2 fully saturated rings. The lowest BCUT2D eigenvalue weighted by Crippen LogP contribution is -2.65. The molecule has 0 bridgehead atoms. The molecule has 83 heavy (non-hydrogen) atoms. The molecule has 8 aromatic carbocycles. The van der Waals surface area contributed by atoms with Gasteiger partial charge < -0.3 is 52.1 Å². The van der Waals surface area contributed by atoms with E-state index in [2.05, 4.69) is 0 Å². The zero-order valence-electron chi connectivity index (χ0n) is 45.3. The largest absolute Gasteiger partial charge is 0.459 e. The minimum Gasteiger partial charge on any atom is -0.459 e. The Morgan fingerprint density at radius 3 is 1.19 bits per heavy atom. The maximum Gasteiger partial charge on any atom is 0.338 e. The summed E-state index contributed by atoms with van der Waals surface area (Å²) in [5.41, 5.74) is 4.02. The highest BCUT2D eigenvalue weighted by Crippen LogP contribution is 2.43. The van der Waals surface area contributed by atoms with Crippen molar-refractivity contribution in [1.82, 2.24) is 0 Å². The summed E-state index contributed by atoms with van der Waals surface area (Å²) >= 11 is 0. The van der Waals surface area contributed by atoms with E-state index in [4.69, 9.17) is 52.1 Å². The average Bonchev–Trinajstić information content (AvgIpc) is 4.11. The zero-order valence-corrected chi connectivity index (χ0v) is 45.3. The molecule has 15 nitrogen and oxygen atoms in total. The summed E-state index contributed by atoms with van der Waals surface area (Å²) in [6.45, 7) is -1.11. The number of rotatable bonds is 25. The van der Waals surface area contributed by atoms with E-state index >= 15 is 0 Å². The Kier molecular flexibility index (Phi) is 20.0. The van der Waals surface area contributed by atoms with E-state index in [1.807, 2.05) is 121 Å². The Morgan fingerprint density at radius 1 is 0.361 bits per heavy atom. The fraction of sp³-hybridized carbons (Fsp3) is 0.235. The number of hydrogen-bond acceptors (Lipinski definition) is 15. The van der Waals surface area contributed by atoms with Crippen LogP contribution in [-0.2, 0) is 78.5 Å². The van der Waals surface area contributed by atoms with Crippen LogP contribution < -0.4 is 0 Å². The summed E-state index contributed by atoms with van der Waals surface area (Å²) in [7, 11) is 0. The standard InChI is InChI=1S/C68H62O15/c69-63(52-33-17-5-18-34-52)77-46-57-59(80-65(71)54-37-21-7-22-38-54)62(81-66(72)55-39-23-8-24-40-55)68(82-57,47-78-64(70)53-35-19-6-20-36-53)83-67-61(76-44-51-31-15-4-16-32-51)60(75-43-50-29-13-3-14-30-50)58(74-42-49-27-11-2-12-28-49)56(79-67)45-73-41-48-25-9-1-10-26-48/h1-40,56-62,67H,41-47H2/t56-,57-,58-,59-,60+,61-,62+,67-,68-/m1/s1. The van der Waals surface area contributed by atoms with Crippen LogP contribution in [0.3, 0.4) is 0 Å². The third-order valence-corrected chi connectivity index (χ3v) is 13.9. The topological polar surface area (TPSA) is 170 Å². The molecule has 2 aliphatic heterocycles. The second-order valence-corrected chi connectivity index (χ2v) is 19.7. The first-order chi connectivity index (χ1) is 40.8. The van der Waals surface area contributed by atoms with Crippen molar-refractivity contribution in [2.24, 2.45) is 0 Å². The first kappa shape index (κ1) is 57.6. The van der Waals surface area contributed by atoms with Crippen LogP contribution in [0, 0.1) is 0 Å². The first-order valence-electron chi connectivity index (χ1n) is 27.3. The molecule has 8 aromatic rings. The lowest BCUT2D eigenvalue weighted by Gasteiger charge is -2.48. The maximum absolute atomic E-state index is 14.7. The molecular weight excluding hydrogens is 1060 g/mol. The van der Waals surface area contributed by atoms with Gasteiger partial charge in [-0.15, -0.1) is 0 Å². The molecule has 424 valence electrons. The Morgan fingerprint density at radius 2 is 0.735 bits per heavy atom. The van der Waals surface area contributed by atoms with Crippen molar-refractivity contribution in [3.8, 4) is 0 Å². The fourth-order valence-corrected chi connectivity index (χ4v) is 9.71. The molecule has 9 atom stereocenters. The lowest BCUT2D eigenvalue weighted by atomic mass is 9.97. The van der Waals surface area contributed by atoms with E-state index in [-0.39, 0.29) is 55.3 Å². The van der Waals surface area contributed by atoms with Crippen molar-refractivity contribution in [2.45, 2.75) is 81.2 Å². The molecule has 15 heteroatoms. The van der Waals surface area contributed by atoms with E-state index < -0.39 is 91.9 Å². The van der Waals surface area contributed by atoms with Crippen LogP contribution in [0.15, 0.2) is 243 Å². The molecule has 2 aliphatic rings. The van der Waals surface area contributed by atoms with Gasteiger partial charge >= 0.3 is 23.9 Å². The van der Waals surface area contributed by atoms with Crippen LogP contribution in [0.5, 0.6) is 0 Å². The van der Waals surface area contributed by atoms with Gasteiger partial charge in [0.05, 0.1) is 55.3 Å². The monoisotopic (exact) mass is 1120 g/mol. The number of ether oxygens (including phenoxy) is 11. The summed E-state index contributed by atoms with van der Waals surface area (Å²) < 4.78 is 74.1. The van der Waals surface area contributed by atoms with E-state index in [1.54, 1.807) is 121 Å². The van der Waals surface area contributed by atoms with Gasteiger partial charge in [-0.05, 0) is 70.8 Å². The number of hydrogen-bond donors (Lipinski definition) is 0. The molecule has 2 heterocycles. The van der Waals surface area contributed by atoms with Gasteiger partial charge in [0.2, 0.25) is 5.79 Å². The summed E-state index contributed by atoms with van der Waals surface area (Å²) in [4.78, 5) is 57.3. The predicted octanol–water partition coefficient (Wildman–Crippen LogP) is 11.0. The molecule has 0 aromatic heterocycles. The van der Waals surface area contributed by atoms with Crippen molar-refractivity contribution in [2.75, 3.05) is 19.8 Å². The molecule has 0 aliphatic carbocycles.